The summed E-state index contributed by atoms with van der Waals surface area (Å²) < 4.78 is 5.72. The molecule has 0 spiro atoms. The summed E-state index contributed by atoms with van der Waals surface area (Å²) in [6, 6.07) is 10.1. The minimum absolute atomic E-state index is 0.0120. The van der Waals surface area contributed by atoms with Crippen LogP contribution in [0.4, 0.5) is 0 Å². The van der Waals surface area contributed by atoms with E-state index < -0.39 is 0 Å². The summed E-state index contributed by atoms with van der Waals surface area (Å²) in [5.41, 5.74) is 0.596. The van der Waals surface area contributed by atoms with Gasteiger partial charge in [-0.3, -0.25) is 4.79 Å². The Morgan fingerprint density at radius 3 is 1.69 bits per heavy atom. The van der Waals surface area contributed by atoms with Crippen molar-refractivity contribution in [2.75, 3.05) is 13.2 Å². The summed E-state index contributed by atoms with van der Waals surface area (Å²) in [4.78, 5) is 11.3. The monoisotopic (exact) mass is 401 g/mol. The number of carbonyl (C=O) groups excluding carboxylic acids is 1. The highest BCUT2D eigenvalue weighted by molar-refractivity contribution is 5.91. The van der Waals surface area contributed by atoms with Crippen molar-refractivity contribution in [2.24, 2.45) is 0 Å². The van der Waals surface area contributed by atoms with E-state index in [1.807, 2.05) is 30.3 Å². The topological polar surface area (TPSA) is 38.3 Å². The number of nitrogens with one attached hydrogen (secondary N) is 1. The summed E-state index contributed by atoms with van der Waals surface area (Å²) >= 11 is 0. The lowest BCUT2D eigenvalue weighted by Crippen LogP contribution is -2.24. The van der Waals surface area contributed by atoms with Gasteiger partial charge >= 0.3 is 0 Å². The van der Waals surface area contributed by atoms with Crippen LogP contribution in [-0.4, -0.2) is 19.1 Å². The summed E-state index contributed by atoms with van der Waals surface area (Å²) in [5.74, 6) is 0.974. The van der Waals surface area contributed by atoms with Gasteiger partial charge in [0.2, 0.25) is 5.91 Å². The van der Waals surface area contributed by atoms with Crippen molar-refractivity contribution in [1.29, 1.82) is 0 Å². The van der Waals surface area contributed by atoms with Crippen molar-refractivity contribution in [1.82, 2.24) is 5.32 Å². The molecule has 0 aliphatic heterocycles. The first-order valence-electron chi connectivity index (χ1n) is 11.8. The fourth-order valence-electron chi connectivity index (χ4n) is 3.41. The zero-order valence-corrected chi connectivity index (χ0v) is 18.7. The predicted molar refractivity (Wildman–Crippen MR) is 124 cm³/mol. The van der Waals surface area contributed by atoms with Gasteiger partial charge in [0.25, 0.3) is 0 Å². The molecule has 0 saturated carbocycles. The predicted octanol–water partition coefficient (Wildman–Crippen LogP) is 7.22. The maximum Gasteiger partial charge on any atom is 0.246 e. The third kappa shape index (κ3) is 15.8. The lowest BCUT2D eigenvalue weighted by Gasteiger charge is -2.06. The minimum Gasteiger partial charge on any atom is -0.494 e. The number of amides is 1. The first kappa shape index (κ1) is 25.3. The molecule has 1 rings (SSSR count). The molecule has 0 fully saturated rings. The molecular formula is C26H43NO2. The molecular weight excluding hydrogens is 358 g/mol. The van der Waals surface area contributed by atoms with E-state index in [4.69, 9.17) is 4.74 Å². The van der Waals surface area contributed by atoms with Gasteiger partial charge in [-0.25, -0.2) is 0 Å². The van der Waals surface area contributed by atoms with Crippen molar-refractivity contribution >= 4 is 5.91 Å². The molecule has 0 atom stereocenters. The fourth-order valence-corrected chi connectivity index (χ4v) is 3.41. The molecule has 0 bridgehead atoms. The molecule has 0 unspecified atom stereocenters. The highest BCUT2D eigenvalue weighted by Gasteiger charge is 1.99. The molecule has 3 heteroatoms. The van der Waals surface area contributed by atoms with Crippen LogP contribution in [0.15, 0.2) is 42.5 Å². The van der Waals surface area contributed by atoms with Crippen LogP contribution in [0, 0.1) is 0 Å². The van der Waals surface area contributed by atoms with Gasteiger partial charge in [0.1, 0.15) is 5.75 Å². The third-order valence-corrected chi connectivity index (χ3v) is 5.26. The minimum atomic E-state index is -0.0120. The van der Waals surface area contributed by atoms with E-state index in [9.17, 15) is 4.79 Å². The number of carbonyl (C=O) groups is 1. The van der Waals surface area contributed by atoms with E-state index in [1.54, 1.807) is 6.92 Å². The van der Waals surface area contributed by atoms with Gasteiger partial charge in [0, 0.05) is 12.1 Å². The average molecular weight is 402 g/mol. The standard InChI is InChI=1S/C26H43NO2/c1-24(2)26(28)27-22-18-13-11-9-7-5-3-4-6-8-10-12-14-19-23-29-25-20-16-15-17-21-25/h15-17,20-21H,1,3-14,18-19,22-23H2,2H3,(H,27,28). The largest absolute Gasteiger partial charge is 0.494 e. The second kappa shape index (κ2) is 18.3. The molecule has 3 nitrogen and oxygen atoms in total. The molecule has 1 N–H and O–H groups in total. The fraction of sp³-hybridized carbons (Fsp3) is 0.654. The highest BCUT2D eigenvalue weighted by Crippen LogP contribution is 2.13. The van der Waals surface area contributed by atoms with Crippen LogP contribution in [0.3, 0.4) is 0 Å². The Hall–Kier alpha value is -1.77. The summed E-state index contributed by atoms with van der Waals surface area (Å²) in [6.45, 7) is 7.02. The molecule has 0 aromatic heterocycles. The molecule has 0 heterocycles. The number of benzene rings is 1. The third-order valence-electron chi connectivity index (χ3n) is 5.26. The maximum absolute atomic E-state index is 11.3. The average Bonchev–Trinajstić information content (AvgIpc) is 2.73. The second-order valence-corrected chi connectivity index (χ2v) is 8.15. The van der Waals surface area contributed by atoms with Crippen molar-refractivity contribution in [3.8, 4) is 5.75 Å². The van der Waals surface area contributed by atoms with Crippen molar-refractivity contribution < 1.29 is 9.53 Å². The van der Waals surface area contributed by atoms with E-state index in [0.717, 1.165) is 31.7 Å². The Balaban J connectivity index is 1.71. The smallest absolute Gasteiger partial charge is 0.246 e. The van der Waals surface area contributed by atoms with Gasteiger partial charge in [-0.1, -0.05) is 102 Å². The van der Waals surface area contributed by atoms with Crippen LogP contribution >= 0.6 is 0 Å². The van der Waals surface area contributed by atoms with Crippen LogP contribution < -0.4 is 10.1 Å². The molecule has 164 valence electrons. The lowest BCUT2D eigenvalue weighted by atomic mass is 10.0. The van der Waals surface area contributed by atoms with E-state index >= 15 is 0 Å². The Kier molecular flexibility index (Phi) is 15.9. The van der Waals surface area contributed by atoms with Gasteiger partial charge in [-0.05, 0) is 31.9 Å². The van der Waals surface area contributed by atoms with E-state index in [-0.39, 0.29) is 5.91 Å². The molecule has 1 aromatic carbocycles. The molecule has 0 aliphatic rings. The van der Waals surface area contributed by atoms with Crippen molar-refractivity contribution in [2.45, 2.75) is 96.8 Å². The maximum atomic E-state index is 11.3. The quantitative estimate of drug-likeness (QED) is 0.196. The number of rotatable bonds is 19. The second-order valence-electron chi connectivity index (χ2n) is 8.15. The van der Waals surface area contributed by atoms with Crippen molar-refractivity contribution in [3.05, 3.63) is 42.5 Å². The number of para-hydroxylation sites is 1. The zero-order valence-electron chi connectivity index (χ0n) is 18.7. The summed E-state index contributed by atoms with van der Waals surface area (Å²) in [6.07, 6.45) is 18.4. The van der Waals surface area contributed by atoms with Crippen LogP contribution in [-0.2, 0) is 4.79 Å². The highest BCUT2D eigenvalue weighted by atomic mass is 16.5. The normalized spacial score (nSPS) is 10.7. The molecule has 0 aliphatic carbocycles. The Morgan fingerprint density at radius 1 is 0.759 bits per heavy atom. The number of hydrogen-bond donors (Lipinski definition) is 1. The van der Waals surface area contributed by atoms with E-state index in [1.165, 1.54) is 77.0 Å². The Bertz CT molecular complexity index is 527. The van der Waals surface area contributed by atoms with Gasteiger partial charge in [0.05, 0.1) is 6.61 Å². The SMILES string of the molecule is C=C(C)C(=O)NCCCCCCCCCCCCCCCCOc1ccccc1. The Labute approximate surface area is 179 Å². The number of hydrogen-bond acceptors (Lipinski definition) is 2. The van der Waals surface area contributed by atoms with Crippen LogP contribution in [0.5, 0.6) is 5.75 Å². The van der Waals surface area contributed by atoms with E-state index in [2.05, 4.69) is 11.9 Å². The van der Waals surface area contributed by atoms with Gasteiger partial charge in [0.15, 0.2) is 0 Å². The van der Waals surface area contributed by atoms with Gasteiger partial charge < -0.3 is 10.1 Å². The van der Waals surface area contributed by atoms with Crippen LogP contribution in [0.2, 0.25) is 0 Å². The molecule has 0 saturated heterocycles. The van der Waals surface area contributed by atoms with Crippen molar-refractivity contribution in [3.63, 3.8) is 0 Å². The molecule has 0 radical (unpaired) electrons. The summed E-state index contributed by atoms with van der Waals surface area (Å²) in [7, 11) is 0. The number of unbranched alkanes of at least 4 members (excludes halogenated alkanes) is 13. The van der Waals surface area contributed by atoms with Gasteiger partial charge in [-0.2, -0.15) is 0 Å². The van der Waals surface area contributed by atoms with Crippen LogP contribution in [0.1, 0.15) is 96.8 Å². The zero-order chi connectivity index (χ0) is 21.0. The molecule has 1 amide bonds. The first-order valence-corrected chi connectivity index (χ1v) is 11.8. The van der Waals surface area contributed by atoms with Gasteiger partial charge in [-0.15, -0.1) is 0 Å². The lowest BCUT2D eigenvalue weighted by molar-refractivity contribution is -0.117. The summed E-state index contributed by atoms with van der Waals surface area (Å²) in [5, 5.41) is 2.89. The Morgan fingerprint density at radius 2 is 1.21 bits per heavy atom. The van der Waals surface area contributed by atoms with E-state index in [0.29, 0.717) is 5.57 Å². The first-order chi connectivity index (χ1) is 14.2. The van der Waals surface area contributed by atoms with Crippen LogP contribution in [0.25, 0.3) is 0 Å². The molecule has 29 heavy (non-hydrogen) atoms. The molecule has 1 aromatic rings. The number of ether oxygens (including phenoxy) is 1.